The van der Waals surface area contributed by atoms with Gasteiger partial charge >= 0.3 is 0 Å². The molecule has 3 N–H and O–H groups in total. The molecule has 7 nitrogen and oxygen atoms in total. The molecule has 0 spiro atoms. The van der Waals surface area contributed by atoms with Crippen molar-refractivity contribution in [1.82, 2.24) is 9.44 Å². The van der Waals surface area contributed by atoms with Gasteiger partial charge in [-0.3, -0.25) is 0 Å². The Balaban J connectivity index is 1.44. The van der Waals surface area contributed by atoms with Gasteiger partial charge in [0.05, 0.1) is 10.1 Å². The standard InChI is InChI=1S/C26H38N2O5S2/c1-19(2)34(30,31)28-18-20(3)22-8-10-24(11-9-22)23-6-4-21(5-7-23)16-17-27-35(32,33)26-14-12-25(29)13-15-26/h4-7,12-15,19-20,22,24,27-29H,8-11,16-18H2,1-3H3. The van der Waals surface area contributed by atoms with E-state index in [1.165, 1.54) is 29.8 Å². The second kappa shape index (κ2) is 11.9. The zero-order valence-corrected chi connectivity index (χ0v) is 22.4. The first-order chi connectivity index (χ1) is 16.5. The summed E-state index contributed by atoms with van der Waals surface area (Å²) in [7, 11) is -6.82. The highest BCUT2D eigenvalue weighted by Crippen LogP contribution is 2.38. The van der Waals surface area contributed by atoms with Crippen molar-refractivity contribution in [3.05, 3.63) is 59.7 Å². The summed E-state index contributed by atoms with van der Waals surface area (Å²) in [5, 5.41) is 8.92. The Morgan fingerprint density at radius 1 is 0.857 bits per heavy atom. The van der Waals surface area contributed by atoms with Gasteiger partial charge in [-0.1, -0.05) is 31.2 Å². The van der Waals surface area contributed by atoms with Gasteiger partial charge < -0.3 is 5.11 Å². The van der Waals surface area contributed by atoms with E-state index in [4.69, 9.17) is 0 Å². The molecule has 0 radical (unpaired) electrons. The summed E-state index contributed by atoms with van der Waals surface area (Å²) >= 11 is 0. The molecule has 3 rings (SSSR count). The fraction of sp³-hybridized carbons (Fsp3) is 0.538. The van der Waals surface area contributed by atoms with Crippen LogP contribution in [0, 0.1) is 11.8 Å². The Labute approximate surface area is 210 Å². The lowest BCUT2D eigenvalue weighted by Crippen LogP contribution is -2.36. The topological polar surface area (TPSA) is 113 Å². The molecule has 0 bridgehead atoms. The van der Waals surface area contributed by atoms with E-state index in [1.807, 2.05) is 0 Å². The summed E-state index contributed by atoms with van der Waals surface area (Å²) in [4.78, 5) is 0.132. The maximum atomic E-state index is 12.4. The van der Waals surface area contributed by atoms with E-state index >= 15 is 0 Å². The van der Waals surface area contributed by atoms with Gasteiger partial charge in [0.2, 0.25) is 20.0 Å². The Morgan fingerprint density at radius 2 is 1.46 bits per heavy atom. The van der Waals surface area contributed by atoms with Gasteiger partial charge in [-0.25, -0.2) is 26.3 Å². The van der Waals surface area contributed by atoms with Crippen LogP contribution in [0.15, 0.2) is 53.4 Å². The minimum absolute atomic E-state index is 0.0288. The molecule has 1 atom stereocenters. The van der Waals surface area contributed by atoms with E-state index in [9.17, 15) is 21.9 Å². The maximum absolute atomic E-state index is 12.4. The molecular weight excluding hydrogens is 484 g/mol. The minimum Gasteiger partial charge on any atom is -0.508 e. The number of hydrogen-bond acceptors (Lipinski definition) is 5. The molecular formula is C26H38N2O5S2. The monoisotopic (exact) mass is 522 g/mol. The summed E-state index contributed by atoms with van der Waals surface area (Å²) in [6.45, 7) is 6.32. The van der Waals surface area contributed by atoms with Crippen LogP contribution in [0.25, 0.3) is 0 Å². The van der Waals surface area contributed by atoms with Crippen molar-refractivity contribution in [3.63, 3.8) is 0 Å². The number of sulfonamides is 2. The van der Waals surface area contributed by atoms with Crippen LogP contribution in [0.1, 0.15) is 63.5 Å². The summed E-state index contributed by atoms with van der Waals surface area (Å²) in [5.74, 6) is 1.38. The van der Waals surface area contributed by atoms with E-state index in [0.717, 1.165) is 31.2 Å². The Morgan fingerprint density at radius 3 is 2.03 bits per heavy atom. The second-order valence-electron chi connectivity index (χ2n) is 9.91. The number of aromatic hydroxyl groups is 1. The number of hydrogen-bond donors (Lipinski definition) is 3. The van der Waals surface area contributed by atoms with Gasteiger partial charge in [0, 0.05) is 13.1 Å². The highest BCUT2D eigenvalue weighted by Gasteiger charge is 2.27. The maximum Gasteiger partial charge on any atom is 0.240 e. The van der Waals surface area contributed by atoms with Gasteiger partial charge in [0.1, 0.15) is 5.75 Å². The van der Waals surface area contributed by atoms with Crippen LogP contribution < -0.4 is 9.44 Å². The molecule has 35 heavy (non-hydrogen) atoms. The van der Waals surface area contributed by atoms with Crippen LogP contribution in [-0.4, -0.2) is 40.3 Å². The van der Waals surface area contributed by atoms with Gasteiger partial charge in [0.15, 0.2) is 0 Å². The van der Waals surface area contributed by atoms with Crippen molar-refractivity contribution < 1.29 is 21.9 Å². The second-order valence-corrected chi connectivity index (χ2v) is 14.0. The van der Waals surface area contributed by atoms with Gasteiger partial charge in [-0.15, -0.1) is 0 Å². The van der Waals surface area contributed by atoms with Crippen LogP contribution in [0.4, 0.5) is 0 Å². The molecule has 9 heteroatoms. The van der Waals surface area contributed by atoms with Crippen LogP contribution in [0.3, 0.4) is 0 Å². The highest BCUT2D eigenvalue weighted by molar-refractivity contribution is 7.90. The van der Waals surface area contributed by atoms with Crippen molar-refractivity contribution >= 4 is 20.0 Å². The molecule has 0 aromatic heterocycles. The number of benzene rings is 2. The molecule has 1 aliphatic rings. The van der Waals surface area contributed by atoms with E-state index in [-0.39, 0.29) is 10.6 Å². The van der Waals surface area contributed by atoms with E-state index < -0.39 is 25.3 Å². The zero-order chi connectivity index (χ0) is 25.6. The van der Waals surface area contributed by atoms with E-state index in [1.54, 1.807) is 13.8 Å². The Kier molecular flexibility index (Phi) is 9.37. The average Bonchev–Trinajstić information content (AvgIpc) is 2.83. The van der Waals surface area contributed by atoms with Gasteiger partial charge in [0.25, 0.3) is 0 Å². The highest BCUT2D eigenvalue weighted by atomic mass is 32.2. The van der Waals surface area contributed by atoms with Gasteiger partial charge in [-0.05, 0) is 99.1 Å². The molecule has 1 aliphatic carbocycles. The molecule has 1 fully saturated rings. The summed E-state index contributed by atoms with van der Waals surface area (Å²) in [5.41, 5.74) is 2.38. The lowest BCUT2D eigenvalue weighted by molar-refractivity contribution is 0.246. The predicted molar refractivity (Wildman–Crippen MR) is 139 cm³/mol. The molecule has 2 aromatic rings. The van der Waals surface area contributed by atoms with E-state index in [2.05, 4.69) is 40.6 Å². The SMILES string of the molecule is CC(CNS(=O)(=O)C(C)C)C1CCC(c2ccc(CCNS(=O)(=O)c3ccc(O)cc3)cc2)CC1. The van der Waals surface area contributed by atoms with Crippen molar-refractivity contribution in [1.29, 1.82) is 0 Å². The fourth-order valence-electron chi connectivity index (χ4n) is 4.60. The number of phenolic OH excluding ortho intramolecular Hbond substituents is 1. The Bertz CT molecular complexity index is 1150. The van der Waals surface area contributed by atoms with Crippen molar-refractivity contribution in [2.24, 2.45) is 11.8 Å². The van der Waals surface area contributed by atoms with Crippen molar-refractivity contribution in [3.8, 4) is 5.75 Å². The first-order valence-corrected chi connectivity index (χ1v) is 15.4. The van der Waals surface area contributed by atoms with Crippen LogP contribution in [-0.2, 0) is 26.5 Å². The molecule has 0 heterocycles. The molecule has 2 aromatic carbocycles. The third kappa shape index (κ3) is 7.77. The zero-order valence-electron chi connectivity index (χ0n) is 20.8. The summed E-state index contributed by atoms with van der Waals surface area (Å²) in [6, 6.07) is 13.9. The lowest BCUT2D eigenvalue weighted by atomic mass is 9.74. The third-order valence-corrected chi connectivity index (χ3v) is 10.4. The first-order valence-electron chi connectivity index (χ1n) is 12.3. The quantitative estimate of drug-likeness (QED) is 0.410. The van der Waals surface area contributed by atoms with Crippen molar-refractivity contribution in [2.75, 3.05) is 13.1 Å². The molecule has 194 valence electrons. The number of nitrogens with one attached hydrogen (secondary N) is 2. The predicted octanol–water partition coefficient (Wildman–Crippen LogP) is 4.15. The molecule has 1 saturated carbocycles. The molecule has 0 saturated heterocycles. The number of phenols is 1. The van der Waals surface area contributed by atoms with Gasteiger partial charge in [-0.2, -0.15) is 0 Å². The lowest BCUT2D eigenvalue weighted by Gasteiger charge is -2.32. The number of rotatable bonds is 11. The summed E-state index contributed by atoms with van der Waals surface area (Å²) < 4.78 is 54.1. The van der Waals surface area contributed by atoms with Crippen LogP contribution in [0.5, 0.6) is 5.75 Å². The Hall–Kier alpha value is -1.94. The molecule has 1 unspecified atom stereocenters. The average molecular weight is 523 g/mol. The molecule has 0 amide bonds. The third-order valence-electron chi connectivity index (χ3n) is 7.11. The summed E-state index contributed by atoms with van der Waals surface area (Å²) in [6.07, 6.45) is 4.97. The van der Waals surface area contributed by atoms with Crippen molar-refractivity contribution in [2.45, 2.75) is 68.9 Å². The minimum atomic E-state index is -3.60. The van der Waals surface area contributed by atoms with Crippen LogP contribution in [0.2, 0.25) is 0 Å². The molecule has 0 aliphatic heterocycles. The van der Waals surface area contributed by atoms with E-state index in [0.29, 0.717) is 37.3 Å². The van der Waals surface area contributed by atoms with Crippen LogP contribution >= 0.6 is 0 Å². The smallest absolute Gasteiger partial charge is 0.240 e. The largest absolute Gasteiger partial charge is 0.508 e. The first kappa shape index (κ1) is 27.6. The fourth-order valence-corrected chi connectivity index (χ4v) is 6.46. The normalized spacial score (nSPS) is 20.1.